The van der Waals surface area contributed by atoms with E-state index in [1.165, 1.54) is 12.8 Å². The Hall–Kier alpha value is -0.530. The third-order valence-corrected chi connectivity index (χ3v) is 4.94. The molecule has 0 rings (SSSR count). The lowest BCUT2D eigenvalue weighted by Gasteiger charge is -2.48. The van der Waals surface area contributed by atoms with Crippen LogP contribution in [-0.2, 0) is 4.79 Å². The molecule has 0 aliphatic carbocycles. The normalized spacial score (nSPS) is 16.5. The first kappa shape index (κ1) is 16.5. The van der Waals surface area contributed by atoms with E-state index < -0.39 is 0 Å². The fourth-order valence-corrected chi connectivity index (χ4v) is 2.63. The second kappa shape index (κ2) is 5.88. The molecular formula is C15H31NO. The van der Waals surface area contributed by atoms with Crippen molar-refractivity contribution >= 4 is 5.91 Å². The average molecular weight is 241 g/mol. The Labute approximate surface area is 108 Å². The number of carbonyl (C=O) groups excluding carboxylic acids is 1. The Morgan fingerprint density at radius 1 is 1.18 bits per heavy atom. The van der Waals surface area contributed by atoms with E-state index in [1.807, 2.05) is 0 Å². The van der Waals surface area contributed by atoms with Gasteiger partial charge in [0, 0.05) is 13.0 Å². The van der Waals surface area contributed by atoms with E-state index in [2.05, 4.69) is 53.8 Å². The van der Waals surface area contributed by atoms with Crippen LogP contribution in [0.5, 0.6) is 0 Å². The molecule has 2 nitrogen and oxygen atoms in total. The maximum atomic E-state index is 11.1. The molecule has 0 radical (unpaired) electrons. The second-order valence-corrected chi connectivity index (χ2v) is 6.63. The maximum absolute atomic E-state index is 11.1. The lowest BCUT2D eigenvalue weighted by molar-refractivity contribution is -0.120. The van der Waals surface area contributed by atoms with Crippen molar-refractivity contribution in [2.45, 2.75) is 74.3 Å². The summed E-state index contributed by atoms with van der Waals surface area (Å²) in [6.07, 6.45) is 2.43. The van der Waals surface area contributed by atoms with E-state index in [-0.39, 0.29) is 22.8 Å². The Balaban J connectivity index is 4.85. The van der Waals surface area contributed by atoms with Crippen LogP contribution >= 0.6 is 0 Å². The average Bonchev–Trinajstić information content (AvgIpc) is 2.14. The number of carbonyl (C=O) groups is 1. The molecule has 0 saturated carbocycles. The van der Waals surface area contributed by atoms with Gasteiger partial charge in [-0.25, -0.2) is 0 Å². The lowest BCUT2D eigenvalue weighted by atomic mass is 9.58. The summed E-state index contributed by atoms with van der Waals surface area (Å²) in [4.78, 5) is 11.1. The van der Waals surface area contributed by atoms with Gasteiger partial charge in [0.2, 0.25) is 5.91 Å². The van der Waals surface area contributed by atoms with Crippen LogP contribution in [0, 0.1) is 16.7 Å². The molecular weight excluding hydrogens is 210 g/mol. The van der Waals surface area contributed by atoms with Crippen LogP contribution < -0.4 is 5.32 Å². The molecule has 0 heterocycles. The van der Waals surface area contributed by atoms with E-state index in [9.17, 15) is 4.79 Å². The lowest BCUT2D eigenvalue weighted by Crippen LogP contribution is -2.47. The monoisotopic (exact) mass is 241 g/mol. The Bertz CT molecular complexity index is 256. The number of amides is 1. The molecule has 1 amide bonds. The molecule has 2 unspecified atom stereocenters. The zero-order valence-electron chi connectivity index (χ0n) is 13.0. The molecule has 102 valence electrons. The highest BCUT2D eigenvalue weighted by molar-refractivity contribution is 5.73. The quantitative estimate of drug-likeness (QED) is 0.748. The topological polar surface area (TPSA) is 29.1 Å². The van der Waals surface area contributed by atoms with Gasteiger partial charge in [-0.1, -0.05) is 48.0 Å². The van der Waals surface area contributed by atoms with Crippen molar-refractivity contribution in [1.82, 2.24) is 5.32 Å². The fraction of sp³-hybridized carbons (Fsp3) is 0.933. The molecule has 0 fully saturated rings. The third-order valence-electron chi connectivity index (χ3n) is 4.94. The van der Waals surface area contributed by atoms with Crippen molar-refractivity contribution in [3.63, 3.8) is 0 Å². The van der Waals surface area contributed by atoms with E-state index in [0.29, 0.717) is 5.92 Å². The third kappa shape index (κ3) is 4.01. The minimum Gasteiger partial charge on any atom is -0.354 e. The second-order valence-electron chi connectivity index (χ2n) is 6.63. The molecule has 0 spiro atoms. The highest BCUT2D eigenvalue weighted by atomic mass is 16.1. The van der Waals surface area contributed by atoms with Gasteiger partial charge in [0.05, 0.1) is 0 Å². The van der Waals surface area contributed by atoms with Crippen molar-refractivity contribution in [3.8, 4) is 0 Å². The minimum atomic E-state index is 0.0634. The summed E-state index contributed by atoms with van der Waals surface area (Å²) in [7, 11) is 0. The highest BCUT2D eigenvalue weighted by Crippen LogP contribution is 2.48. The smallest absolute Gasteiger partial charge is 0.217 e. The number of hydrogen-bond acceptors (Lipinski definition) is 1. The first-order valence-electron chi connectivity index (χ1n) is 6.83. The molecule has 1 N–H and O–H groups in total. The van der Waals surface area contributed by atoms with E-state index >= 15 is 0 Å². The molecule has 0 bridgehead atoms. The molecule has 0 aliphatic rings. The van der Waals surface area contributed by atoms with Gasteiger partial charge < -0.3 is 5.32 Å². The molecule has 0 aliphatic heterocycles. The van der Waals surface area contributed by atoms with Gasteiger partial charge >= 0.3 is 0 Å². The van der Waals surface area contributed by atoms with Gasteiger partial charge in [-0.3, -0.25) is 4.79 Å². The van der Waals surface area contributed by atoms with Gasteiger partial charge in [0.15, 0.2) is 0 Å². The molecule has 0 aromatic carbocycles. The summed E-state index contributed by atoms with van der Waals surface area (Å²) in [6.45, 7) is 17.5. The first-order valence-corrected chi connectivity index (χ1v) is 6.83. The Kier molecular flexibility index (Phi) is 5.70. The van der Waals surface area contributed by atoms with Crippen molar-refractivity contribution < 1.29 is 4.79 Å². The van der Waals surface area contributed by atoms with Crippen LogP contribution in [0.3, 0.4) is 0 Å². The first-order chi connectivity index (χ1) is 7.56. The van der Waals surface area contributed by atoms with Crippen LogP contribution in [0.25, 0.3) is 0 Å². The van der Waals surface area contributed by atoms with Gasteiger partial charge in [0.1, 0.15) is 0 Å². The molecule has 2 heteroatoms. The SMILES string of the molecule is CCCC(C)(C)C(C)(C)C(C)C(C)NC(C)=O. The summed E-state index contributed by atoms with van der Waals surface area (Å²) in [5, 5.41) is 3.02. The van der Waals surface area contributed by atoms with Crippen LogP contribution in [0.4, 0.5) is 0 Å². The minimum absolute atomic E-state index is 0.0634. The molecule has 2 atom stereocenters. The van der Waals surface area contributed by atoms with Crippen LogP contribution in [-0.4, -0.2) is 11.9 Å². The summed E-state index contributed by atoms with van der Waals surface area (Å²) in [6, 6.07) is 0.221. The summed E-state index contributed by atoms with van der Waals surface area (Å²) < 4.78 is 0. The zero-order chi connectivity index (χ0) is 13.9. The van der Waals surface area contributed by atoms with Crippen LogP contribution in [0.15, 0.2) is 0 Å². The number of hydrogen-bond donors (Lipinski definition) is 1. The molecule has 0 saturated heterocycles. The van der Waals surface area contributed by atoms with E-state index in [0.717, 1.165) is 0 Å². The van der Waals surface area contributed by atoms with Crippen molar-refractivity contribution in [2.75, 3.05) is 0 Å². The largest absolute Gasteiger partial charge is 0.354 e. The summed E-state index contributed by atoms with van der Waals surface area (Å²) in [5.74, 6) is 0.515. The van der Waals surface area contributed by atoms with Gasteiger partial charge in [-0.15, -0.1) is 0 Å². The zero-order valence-corrected chi connectivity index (χ0v) is 13.0. The standard InChI is InChI=1S/C15H31NO/c1-9-10-14(5,6)15(7,8)11(2)12(3)16-13(4)17/h11-12H,9-10H2,1-8H3,(H,16,17). The van der Waals surface area contributed by atoms with Gasteiger partial charge in [-0.2, -0.15) is 0 Å². The Morgan fingerprint density at radius 2 is 1.65 bits per heavy atom. The predicted molar refractivity (Wildman–Crippen MR) is 74.9 cm³/mol. The van der Waals surface area contributed by atoms with Crippen molar-refractivity contribution in [3.05, 3.63) is 0 Å². The van der Waals surface area contributed by atoms with Crippen LogP contribution in [0.1, 0.15) is 68.2 Å². The number of rotatable bonds is 6. The van der Waals surface area contributed by atoms with Crippen molar-refractivity contribution in [1.29, 1.82) is 0 Å². The van der Waals surface area contributed by atoms with Crippen LogP contribution in [0.2, 0.25) is 0 Å². The van der Waals surface area contributed by atoms with Crippen molar-refractivity contribution in [2.24, 2.45) is 16.7 Å². The van der Waals surface area contributed by atoms with E-state index in [4.69, 9.17) is 0 Å². The predicted octanol–water partition coefficient (Wildman–Crippen LogP) is 4.00. The number of nitrogens with one attached hydrogen (secondary N) is 1. The Morgan fingerprint density at radius 3 is 2.00 bits per heavy atom. The molecule has 0 aromatic heterocycles. The maximum Gasteiger partial charge on any atom is 0.217 e. The summed E-state index contributed by atoms with van der Waals surface area (Å²) in [5.41, 5.74) is 0.485. The van der Waals surface area contributed by atoms with Gasteiger partial charge in [-0.05, 0) is 30.1 Å². The fourth-order valence-electron chi connectivity index (χ4n) is 2.63. The molecule has 17 heavy (non-hydrogen) atoms. The van der Waals surface area contributed by atoms with Gasteiger partial charge in [0.25, 0.3) is 0 Å². The highest BCUT2D eigenvalue weighted by Gasteiger charge is 2.42. The van der Waals surface area contributed by atoms with E-state index in [1.54, 1.807) is 6.92 Å². The molecule has 0 aromatic rings. The summed E-state index contributed by atoms with van der Waals surface area (Å²) >= 11 is 0.